The topological polar surface area (TPSA) is 12.0 Å². The van der Waals surface area contributed by atoms with Gasteiger partial charge in [-0.25, -0.2) is 0 Å². The summed E-state index contributed by atoms with van der Waals surface area (Å²) in [6.45, 7) is 5.61. The summed E-state index contributed by atoms with van der Waals surface area (Å²) in [6.07, 6.45) is 4.06. The second-order valence-electron chi connectivity index (χ2n) is 4.28. The van der Waals surface area contributed by atoms with E-state index in [9.17, 15) is 0 Å². The van der Waals surface area contributed by atoms with E-state index in [1.165, 1.54) is 24.8 Å². The highest BCUT2D eigenvalue weighted by Gasteiger charge is 2.32. The first kappa shape index (κ1) is 10.2. The van der Waals surface area contributed by atoms with Gasteiger partial charge in [0.1, 0.15) is 0 Å². The van der Waals surface area contributed by atoms with Crippen LogP contribution in [0.4, 0.5) is 0 Å². The van der Waals surface area contributed by atoms with E-state index in [1.807, 2.05) is 11.3 Å². The summed E-state index contributed by atoms with van der Waals surface area (Å²) in [5.41, 5.74) is 3.02. The van der Waals surface area contributed by atoms with Crippen LogP contribution in [0.25, 0.3) is 0 Å². The van der Waals surface area contributed by atoms with Gasteiger partial charge in [0.05, 0.1) is 0 Å². The second-order valence-corrected chi connectivity index (χ2v) is 5.02. The lowest BCUT2D eigenvalue weighted by Crippen LogP contribution is -2.23. The van der Waals surface area contributed by atoms with Gasteiger partial charge in [0.25, 0.3) is 0 Å². The standard InChI is InChI=1S/C12H19NS/c1-3-6-13-12(10-4-5-10)11-8-14-7-9(11)2/h7-8,10,12-13H,3-6H2,1-2H3. The molecule has 0 radical (unpaired) electrons. The van der Waals surface area contributed by atoms with Gasteiger partial charge in [0.15, 0.2) is 0 Å². The molecule has 0 spiro atoms. The average Bonchev–Trinajstić information content (AvgIpc) is 2.92. The van der Waals surface area contributed by atoms with Gasteiger partial charge in [0, 0.05) is 6.04 Å². The first-order valence-electron chi connectivity index (χ1n) is 5.59. The molecule has 1 unspecified atom stereocenters. The molecule has 2 rings (SSSR count). The number of thiophene rings is 1. The van der Waals surface area contributed by atoms with Crippen LogP contribution in [0.3, 0.4) is 0 Å². The number of rotatable bonds is 5. The van der Waals surface area contributed by atoms with Gasteiger partial charge in [0.2, 0.25) is 0 Å². The maximum atomic E-state index is 3.68. The Kier molecular flexibility index (Phi) is 3.24. The highest BCUT2D eigenvalue weighted by molar-refractivity contribution is 7.08. The zero-order chi connectivity index (χ0) is 9.97. The fraction of sp³-hybridized carbons (Fsp3) is 0.667. The highest BCUT2D eigenvalue weighted by atomic mass is 32.1. The van der Waals surface area contributed by atoms with Crippen molar-refractivity contribution in [1.29, 1.82) is 0 Å². The van der Waals surface area contributed by atoms with E-state index >= 15 is 0 Å². The molecule has 1 saturated carbocycles. The molecule has 0 aromatic carbocycles. The van der Waals surface area contributed by atoms with E-state index in [-0.39, 0.29) is 0 Å². The Morgan fingerprint density at radius 3 is 2.79 bits per heavy atom. The minimum Gasteiger partial charge on any atom is -0.310 e. The van der Waals surface area contributed by atoms with Crippen molar-refractivity contribution in [3.05, 3.63) is 21.9 Å². The van der Waals surface area contributed by atoms with Crippen molar-refractivity contribution in [3.63, 3.8) is 0 Å². The molecule has 0 amide bonds. The van der Waals surface area contributed by atoms with Gasteiger partial charge in [-0.3, -0.25) is 0 Å². The molecule has 2 heteroatoms. The fourth-order valence-corrected chi connectivity index (χ4v) is 2.84. The molecular formula is C12H19NS. The zero-order valence-corrected chi connectivity index (χ0v) is 9.86. The minimum absolute atomic E-state index is 0.640. The molecule has 0 bridgehead atoms. The molecule has 0 aliphatic heterocycles. The van der Waals surface area contributed by atoms with Gasteiger partial charge in [-0.05, 0) is 60.5 Å². The Labute approximate surface area is 90.5 Å². The quantitative estimate of drug-likeness (QED) is 0.782. The van der Waals surface area contributed by atoms with E-state index < -0.39 is 0 Å². The molecule has 14 heavy (non-hydrogen) atoms. The predicted molar refractivity (Wildman–Crippen MR) is 62.8 cm³/mol. The van der Waals surface area contributed by atoms with Crippen molar-refractivity contribution >= 4 is 11.3 Å². The largest absolute Gasteiger partial charge is 0.310 e. The van der Waals surface area contributed by atoms with Crippen LogP contribution in [0.15, 0.2) is 10.8 Å². The lowest BCUT2D eigenvalue weighted by atomic mass is 10.0. The molecule has 1 nitrogen and oxygen atoms in total. The van der Waals surface area contributed by atoms with E-state index in [1.54, 1.807) is 5.56 Å². The van der Waals surface area contributed by atoms with Gasteiger partial charge >= 0.3 is 0 Å². The lowest BCUT2D eigenvalue weighted by molar-refractivity contribution is 0.480. The molecular weight excluding hydrogens is 190 g/mol. The summed E-state index contributed by atoms with van der Waals surface area (Å²) < 4.78 is 0. The van der Waals surface area contributed by atoms with Crippen molar-refractivity contribution in [2.45, 2.75) is 39.2 Å². The third-order valence-corrected chi connectivity index (χ3v) is 3.82. The second kappa shape index (κ2) is 4.45. The average molecular weight is 209 g/mol. The van der Waals surface area contributed by atoms with Crippen molar-refractivity contribution in [2.75, 3.05) is 6.54 Å². The highest BCUT2D eigenvalue weighted by Crippen LogP contribution is 2.42. The molecule has 1 aliphatic carbocycles. The molecule has 1 atom stereocenters. The normalized spacial score (nSPS) is 18.4. The molecule has 1 N–H and O–H groups in total. The van der Waals surface area contributed by atoms with Gasteiger partial charge < -0.3 is 5.32 Å². The number of hydrogen-bond donors (Lipinski definition) is 1. The first-order valence-corrected chi connectivity index (χ1v) is 6.53. The van der Waals surface area contributed by atoms with E-state index in [2.05, 4.69) is 29.9 Å². The van der Waals surface area contributed by atoms with E-state index in [0.29, 0.717) is 6.04 Å². The summed E-state index contributed by atoms with van der Waals surface area (Å²) in [4.78, 5) is 0. The third kappa shape index (κ3) is 2.18. The Bertz CT molecular complexity index is 288. The minimum atomic E-state index is 0.640. The summed E-state index contributed by atoms with van der Waals surface area (Å²) in [5, 5.41) is 8.26. The van der Waals surface area contributed by atoms with E-state index in [0.717, 1.165) is 12.5 Å². The summed E-state index contributed by atoms with van der Waals surface area (Å²) >= 11 is 1.83. The first-order chi connectivity index (χ1) is 6.83. The summed E-state index contributed by atoms with van der Waals surface area (Å²) in [7, 11) is 0. The van der Waals surface area contributed by atoms with Crippen LogP contribution in [0.5, 0.6) is 0 Å². The molecule has 0 saturated heterocycles. The lowest BCUT2D eigenvalue weighted by Gasteiger charge is -2.18. The third-order valence-electron chi connectivity index (χ3n) is 2.94. The van der Waals surface area contributed by atoms with Gasteiger partial charge in [-0.1, -0.05) is 6.92 Å². The van der Waals surface area contributed by atoms with Crippen LogP contribution in [-0.2, 0) is 0 Å². The molecule has 1 fully saturated rings. The number of aryl methyl sites for hydroxylation is 1. The van der Waals surface area contributed by atoms with Crippen LogP contribution in [-0.4, -0.2) is 6.54 Å². The Morgan fingerprint density at radius 2 is 2.29 bits per heavy atom. The van der Waals surface area contributed by atoms with E-state index in [4.69, 9.17) is 0 Å². The Morgan fingerprint density at radius 1 is 1.50 bits per heavy atom. The fourth-order valence-electron chi connectivity index (χ4n) is 1.95. The van der Waals surface area contributed by atoms with Gasteiger partial charge in [-0.2, -0.15) is 11.3 Å². The molecule has 1 aromatic heterocycles. The van der Waals surface area contributed by atoms with Crippen LogP contribution >= 0.6 is 11.3 Å². The molecule has 1 aromatic rings. The monoisotopic (exact) mass is 209 g/mol. The van der Waals surface area contributed by atoms with Crippen molar-refractivity contribution in [2.24, 2.45) is 5.92 Å². The van der Waals surface area contributed by atoms with Gasteiger partial charge in [-0.15, -0.1) is 0 Å². The maximum Gasteiger partial charge on any atom is 0.0359 e. The smallest absolute Gasteiger partial charge is 0.0359 e. The zero-order valence-electron chi connectivity index (χ0n) is 9.05. The van der Waals surface area contributed by atoms with Crippen LogP contribution in [0.1, 0.15) is 43.4 Å². The summed E-state index contributed by atoms with van der Waals surface area (Å²) in [6, 6.07) is 0.640. The molecule has 78 valence electrons. The number of hydrogen-bond acceptors (Lipinski definition) is 2. The van der Waals surface area contributed by atoms with Crippen LogP contribution in [0, 0.1) is 12.8 Å². The van der Waals surface area contributed by atoms with Crippen molar-refractivity contribution in [1.82, 2.24) is 5.32 Å². The van der Waals surface area contributed by atoms with Crippen LogP contribution < -0.4 is 5.32 Å². The summed E-state index contributed by atoms with van der Waals surface area (Å²) in [5.74, 6) is 0.912. The molecule has 1 heterocycles. The van der Waals surface area contributed by atoms with Crippen LogP contribution in [0.2, 0.25) is 0 Å². The Balaban J connectivity index is 2.06. The maximum absolute atomic E-state index is 3.68. The van der Waals surface area contributed by atoms with Crippen molar-refractivity contribution < 1.29 is 0 Å². The molecule has 1 aliphatic rings. The Hall–Kier alpha value is -0.340. The number of nitrogens with one attached hydrogen (secondary N) is 1. The SMILES string of the molecule is CCCNC(c1cscc1C)C1CC1. The van der Waals surface area contributed by atoms with Crippen molar-refractivity contribution in [3.8, 4) is 0 Å². The predicted octanol–water partition coefficient (Wildman–Crippen LogP) is 3.51.